The number of carbonyl (C=O) groups is 1. The highest BCUT2D eigenvalue weighted by molar-refractivity contribution is 6.59. The van der Waals surface area contributed by atoms with E-state index in [-0.39, 0.29) is 11.2 Å². The summed E-state index contributed by atoms with van der Waals surface area (Å²) in [5.74, 6) is 0.0236. The standard InChI is InChI=1S/C24H23NO/c1-14-12-17(24(3,4)5)13-15(2)21(14)25-22-18-10-6-8-16-9-7-11-19(20(16)18)23(22)26/h6-13H,1-5H3/b25-22+. The summed E-state index contributed by atoms with van der Waals surface area (Å²) >= 11 is 0. The van der Waals surface area contributed by atoms with Crippen LogP contribution in [0.5, 0.6) is 0 Å². The lowest BCUT2D eigenvalue weighted by Gasteiger charge is -2.21. The monoisotopic (exact) mass is 341 g/mol. The fraction of sp³-hybridized carbons (Fsp3) is 0.250. The fourth-order valence-electron chi connectivity index (χ4n) is 3.77. The second kappa shape index (κ2) is 5.63. The SMILES string of the molecule is Cc1cc(C(C)(C)C)cc(C)c1/N=C1/C(=O)c2cccc3cccc1c23. The van der Waals surface area contributed by atoms with Gasteiger partial charge >= 0.3 is 0 Å². The molecule has 0 heterocycles. The number of Topliss-reactive ketones (excluding diaryl/α,β-unsaturated/α-hetero) is 1. The minimum atomic E-state index is 0.0236. The van der Waals surface area contributed by atoms with Crippen molar-refractivity contribution < 1.29 is 4.79 Å². The lowest BCUT2D eigenvalue weighted by Crippen LogP contribution is -2.12. The van der Waals surface area contributed by atoms with Crippen LogP contribution in [0.4, 0.5) is 5.69 Å². The highest BCUT2D eigenvalue weighted by Crippen LogP contribution is 2.35. The highest BCUT2D eigenvalue weighted by atomic mass is 16.1. The van der Waals surface area contributed by atoms with E-state index in [0.29, 0.717) is 5.71 Å². The van der Waals surface area contributed by atoms with E-state index in [4.69, 9.17) is 4.99 Å². The van der Waals surface area contributed by atoms with Gasteiger partial charge in [-0.05, 0) is 41.3 Å². The molecule has 3 aromatic rings. The Morgan fingerprint density at radius 3 is 2.00 bits per heavy atom. The van der Waals surface area contributed by atoms with Gasteiger partial charge in [0.1, 0.15) is 5.71 Å². The van der Waals surface area contributed by atoms with Crippen LogP contribution in [0.15, 0.2) is 53.5 Å². The lowest BCUT2D eigenvalue weighted by molar-refractivity contribution is 0.107. The fourth-order valence-corrected chi connectivity index (χ4v) is 3.77. The average molecular weight is 341 g/mol. The van der Waals surface area contributed by atoms with E-state index in [1.165, 1.54) is 5.56 Å². The van der Waals surface area contributed by atoms with E-state index in [1.54, 1.807) is 0 Å². The number of rotatable bonds is 1. The molecule has 0 unspecified atom stereocenters. The first-order valence-corrected chi connectivity index (χ1v) is 9.04. The van der Waals surface area contributed by atoms with Crippen molar-refractivity contribution in [2.45, 2.75) is 40.0 Å². The number of nitrogens with zero attached hydrogens (tertiary/aromatic N) is 1. The molecule has 2 heteroatoms. The molecule has 130 valence electrons. The van der Waals surface area contributed by atoms with Crippen molar-refractivity contribution in [2.24, 2.45) is 4.99 Å². The molecule has 0 N–H and O–H groups in total. The van der Waals surface area contributed by atoms with E-state index < -0.39 is 0 Å². The van der Waals surface area contributed by atoms with Gasteiger partial charge in [0, 0.05) is 16.5 Å². The molecule has 0 spiro atoms. The first-order chi connectivity index (χ1) is 12.3. The molecule has 1 aliphatic carbocycles. The molecule has 3 aromatic carbocycles. The summed E-state index contributed by atoms with van der Waals surface area (Å²) in [5, 5.41) is 2.12. The zero-order valence-electron chi connectivity index (χ0n) is 16.0. The van der Waals surface area contributed by atoms with Gasteiger partial charge < -0.3 is 0 Å². The Hall–Kier alpha value is -2.74. The van der Waals surface area contributed by atoms with E-state index in [9.17, 15) is 4.79 Å². The van der Waals surface area contributed by atoms with Crippen LogP contribution in [-0.4, -0.2) is 11.5 Å². The maximum absolute atomic E-state index is 13.0. The number of benzene rings is 3. The molecule has 0 saturated carbocycles. The number of aryl methyl sites for hydroxylation is 2. The van der Waals surface area contributed by atoms with E-state index in [0.717, 1.165) is 38.7 Å². The first kappa shape index (κ1) is 16.7. The van der Waals surface area contributed by atoms with Gasteiger partial charge in [-0.25, -0.2) is 4.99 Å². The number of hydrogen-bond donors (Lipinski definition) is 0. The molecule has 1 aliphatic rings. The van der Waals surface area contributed by atoms with Crippen molar-refractivity contribution in [3.05, 3.63) is 76.3 Å². The molecule has 4 rings (SSSR count). The number of carbonyl (C=O) groups excluding carboxylic acids is 1. The molecule has 2 nitrogen and oxygen atoms in total. The van der Waals surface area contributed by atoms with Crippen molar-refractivity contribution in [1.29, 1.82) is 0 Å². The second-order valence-corrected chi connectivity index (χ2v) is 8.21. The Labute approximate surface area is 154 Å². The average Bonchev–Trinajstić information content (AvgIpc) is 2.85. The van der Waals surface area contributed by atoms with Crippen molar-refractivity contribution in [2.75, 3.05) is 0 Å². The lowest BCUT2D eigenvalue weighted by atomic mass is 9.85. The van der Waals surface area contributed by atoms with Gasteiger partial charge in [0.25, 0.3) is 0 Å². The number of aliphatic imine (C=N–C) groups is 1. The minimum Gasteiger partial charge on any atom is -0.287 e. The smallest absolute Gasteiger partial charge is 0.212 e. The topological polar surface area (TPSA) is 29.4 Å². The van der Waals surface area contributed by atoms with Crippen LogP contribution in [0.2, 0.25) is 0 Å². The molecule has 0 bridgehead atoms. The predicted molar refractivity (Wildman–Crippen MR) is 109 cm³/mol. The number of hydrogen-bond acceptors (Lipinski definition) is 2. The van der Waals surface area contributed by atoms with Crippen LogP contribution in [0.1, 0.15) is 53.4 Å². The van der Waals surface area contributed by atoms with Gasteiger partial charge in [-0.3, -0.25) is 4.79 Å². The Balaban J connectivity index is 1.92. The van der Waals surface area contributed by atoms with Crippen LogP contribution in [-0.2, 0) is 5.41 Å². The summed E-state index contributed by atoms with van der Waals surface area (Å²) in [6.07, 6.45) is 0. The molecule has 26 heavy (non-hydrogen) atoms. The van der Waals surface area contributed by atoms with Crippen molar-refractivity contribution >= 4 is 28.0 Å². The van der Waals surface area contributed by atoms with Gasteiger partial charge in [-0.1, -0.05) is 69.3 Å². The van der Waals surface area contributed by atoms with Gasteiger partial charge in [0.05, 0.1) is 5.69 Å². The van der Waals surface area contributed by atoms with Gasteiger partial charge in [0.2, 0.25) is 5.78 Å². The molecule has 0 atom stereocenters. The first-order valence-electron chi connectivity index (χ1n) is 9.04. The quantitative estimate of drug-likeness (QED) is 0.528. The third-order valence-electron chi connectivity index (χ3n) is 5.20. The Bertz CT molecular complexity index is 1070. The van der Waals surface area contributed by atoms with Gasteiger partial charge in [-0.15, -0.1) is 0 Å². The molecule has 0 fully saturated rings. The zero-order valence-corrected chi connectivity index (χ0v) is 16.0. The minimum absolute atomic E-state index is 0.0236. The summed E-state index contributed by atoms with van der Waals surface area (Å²) < 4.78 is 0. The van der Waals surface area contributed by atoms with Crippen molar-refractivity contribution in [3.8, 4) is 0 Å². The largest absolute Gasteiger partial charge is 0.287 e. The Morgan fingerprint density at radius 2 is 1.42 bits per heavy atom. The third kappa shape index (κ3) is 2.48. The number of ketones is 1. The van der Waals surface area contributed by atoms with Crippen LogP contribution in [0.25, 0.3) is 10.8 Å². The summed E-state index contributed by atoms with van der Waals surface area (Å²) in [7, 11) is 0. The van der Waals surface area contributed by atoms with Crippen LogP contribution in [0.3, 0.4) is 0 Å². The summed E-state index contributed by atoms with van der Waals surface area (Å²) in [6.45, 7) is 10.8. The highest BCUT2D eigenvalue weighted by Gasteiger charge is 2.29. The molecular weight excluding hydrogens is 318 g/mol. The normalized spacial score (nSPS) is 15.3. The molecular formula is C24H23NO. The summed E-state index contributed by atoms with van der Waals surface area (Å²) in [5.41, 5.74) is 6.78. The van der Waals surface area contributed by atoms with Gasteiger partial charge in [0.15, 0.2) is 0 Å². The zero-order chi connectivity index (χ0) is 18.6. The molecule has 0 radical (unpaired) electrons. The third-order valence-corrected chi connectivity index (χ3v) is 5.20. The molecule has 0 saturated heterocycles. The summed E-state index contributed by atoms with van der Waals surface area (Å²) in [4.78, 5) is 17.9. The van der Waals surface area contributed by atoms with Crippen LogP contribution >= 0.6 is 0 Å². The van der Waals surface area contributed by atoms with Crippen molar-refractivity contribution in [3.63, 3.8) is 0 Å². The Kier molecular flexibility index (Phi) is 3.62. The summed E-state index contributed by atoms with van der Waals surface area (Å²) in [6, 6.07) is 16.3. The van der Waals surface area contributed by atoms with Crippen LogP contribution in [0, 0.1) is 13.8 Å². The predicted octanol–water partition coefficient (Wildman–Crippen LogP) is 6.07. The van der Waals surface area contributed by atoms with E-state index in [2.05, 4.69) is 46.8 Å². The second-order valence-electron chi connectivity index (χ2n) is 8.21. The molecule has 0 aliphatic heterocycles. The van der Waals surface area contributed by atoms with Crippen LogP contribution < -0.4 is 0 Å². The Morgan fingerprint density at radius 1 is 0.846 bits per heavy atom. The van der Waals surface area contributed by atoms with Gasteiger partial charge in [-0.2, -0.15) is 0 Å². The molecule has 0 aromatic heterocycles. The van der Waals surface area contributed by atoms with Crippen molar-refractivity contribution in [1.82, 2.24) is 0 Å². The van der Waals surface area contributed by atoms with E-state index in [1.807, 2.05) is 36.4 Å². The maximum Gasteiger partial charge on any atom is 0.212 e. The maximum atomic E-state index is 13.0. The molecule has 0 amide bonds. The van der Waals surface area contributed by atoms with E-state index >= 15 is 0 Å².